The van der Waals surface area contributed by atoms with E-state index in [0.717, 1.165) is 18.0 Å². The first-order valence-electron chi connectivity index (χ1n) is 7.58. The molecular formula is C15H32N2. The minimum absolute atomic E-state index is 0.723. The molecule has 0 aromatic carbocycles. The molecule has 0 saturated heterocycles. The minimum atomic E-state index is 0.723. The Bertz CT molecular complexity index is 191. The van der Waals surface area contributed by atoms with Crippen molar-refractivity contribution in [3.05, 3.63) is 0 Å². The van der Waals surface area contributed by atoms with Crippen molar-refractivity contribution in [1.82, 2.24) is 10.2 Å². The van der Waals surface area contributed by atoms with E-state index >= 15 is 0 Å². The molecule has 0 aromatic rings. The summed E-state index contributed by atoms with van der Waals surface area (Å²) in [7, 11) is 2.32. The van der Waals surface area contributed by atoms with Crippen LogP contribution < -0.4 is 5.32 Å². The maximum atomic E-state index is 3.77. The molecule has 1 aliphatic rings. The van der Waals surface area contributed by atoms with Crippen LogP contribution in [0.2, 0.25) is 0 Å². The van der Waals surface area contributed by atoms with Crippen LogP contribution in [-0.2, 0) is 0 Å². The predicted molar refractivity (Wildman–Crippen MR) is 76.4 cm³/mol. The molecule has 102 valence electrons. The summed E-state index contributed by atoms with van der Waals surface area (Å²) in [5.74, 6) is 0.773. The van der Waals surface area contributed by atoms with E-state index < -0.39 is 0 Å². The second-order valence-electron chi connectivity index (χ2n) is 6.10. The summed E-state index contributed by atoms with van der Waals surface area (Å²) in [6.45, 7) is 9.31. The van der Waals surface area contributed by atoms with Crippen molar-refractivity contribution in [2.75, 3.05) is 20.1 Å². The van der Waals surface area contributed by atoms with Crippen LogP contribution >= 0.6 is 0 Å². The molecule has 1 fully saturated rings. The highest BCUT2D eigenvalue weighted by Crippen LogP contribution is 2.22. The van der Waals surface area contributed by atoms with Crippen molar-refractivity contribution < 1.29 is 0 Å². The SMILES string of the molecule is CCCNC1CCCCCC1N(C)CC(C)C. The van der Waals surface area contributed by atoms with Crippen molar-refractivity contribution in [3.8, 4) is 0 Å². The standard InChI is InChI=1S/C15H32N2/c1-5-11-16-14-9-7-6-8-10-15(14)17(4)12-13(2)3/h13-16H,5-12H2,1-4H3. The van der Waals surface area contributed by atoms with Crippen LogP contribution in [0.3, 0.4) is 0 Å². The van der Waals surface area contributed by atoms with Gasteiger partial charge in [0.1, 0.15) is 0 Å². The van der Waals surface area contributed by atoms with Gasteiger partial charge in [-0.05, 0) is 38.8 Å². The van der Waals surface area contributed by atoms with Crippen LogP contribution in [0, 0.1) is 5.92 Å². The van der Waals surface area contributed by atoms with Crippen LogP contribution in [-0.4, -0.2) is 37.1 Å². The maximum absolute atomic E-state index is 3.77. The van der Waals surface area contributed by atoms with Crippen molar-refractivity contribution >= 4 is 0 Å². The summed E-state index contributed by atoms with van der Waals surface area (Å²) < 4.78 is 0. The summed E-state index contributed by atoms with van der Waals surface area (Å²) in [6.07, 6.45) is 8.25. The Kier molecular flexibility index (Phi) is 7.14. The van der Waals surface area contributed by atoms with Gasteiger partial charge in [0.05, 0.1) is 0 Å². The Balaban J connectivity index is 2.53. The van der Waals surface area contributed by atoms with Gasteiger partial charge in [0.25, 0.3) is 0 Å². The molecule has 1 saturated carbocycles. The van der Waals surface area contributed by atoms with Gasteiger partial charge >= 0.3 is 0 Å². The molecule has 0 amide bonds. The molecule has 0 aliphatic heterocycles. The van der Waals surface area contributed by atoms with Crippen LogP contribution in [0.15, 0.2) is 0 Å². The monoisotopic (exact) mass is 240 g/mol. The molecule has 1 aliphatic carbocycles. The minimum Gasteiger partial charge on any atom is -0.312 e. The fourth-order valence-corrected chi connectivity index (χ4v) is 3.09. The number of rotatable bonds is 6. The second kappa shape index (κ2) is 8.10. The molecule has 17 heavy (non-hydrogen) atoms. The smallest absolute Gasteiger partial charge is 0.0246 e. The zero-order valence-electron chi connectivity index (χ0n) is 12.3. The van der Waals surface area contributed by atoms with E-state index in [9.17, 15) is 0 Å². The van der Waals surface area contributed by atoms with E-state index in [2.05, 4.69) is 38.0 Å². The molecule has 1 rings (SSSR count). The van der Waals surface area contributed by atoms with Crippen molar-refractivity contribution in [2.24, 2.45) is 5.92 Å². The first kappa shape index (κ1) is 15.0. The molecule has 0 heterocycles. The molecular weight excluding hydrogens is 208 g/mol. The Morgan fingerprint density at radius 3 is 2.53 bits per heavy atom. The van der Waals surface area contributed by atoms with E-state index in [1.807, 2.05) is 0 Å². The van der Waals surface area contributed by atoms with Crippen LogP contribution in [0.1, 0.15) is 59.3 Å². The first-order chi connectivity index (χ1) is 8.15. The maximum Gasteiger partial charge on any atom is 0.0246 e. The molecule has 0 spiro atoms. The summed E-state index contributed by atoms with van der Waals surface area (Å²) in [5, 5.41) is 3.77. The summed E-state index contributed by atoms with van der Waals surface area (Å²) in [4.78, 5) is 2.60. The molecule has 2 heteroatoms. The van der Waals surface area contributed by atoms with Crippen LogP contribution in [0.4, 0.5) is 0 Å². The zero-order chi connectivity index (χ0) is 12.7. The van der Waals surface area contributed by atoms with E-state index in [1.54, 1.807) is 0 Å². The third kappa shape index (κ3) is 5.39. The number of nitrogens with one attached hydrogen (secondary N) is 1. The van der Waals surface area contributed by atoms with Crippen LogP contribution in [0.25, 0.3) is 0 Å². The van der Waals surface area contributed by atoms with Gasteiger partial charge in [0.15, 0.2) is 0 Å². The lowest BCUT2D eigenvalue weighted by Gasteiger charge is -2.35. The van der Waals surface area contributed by atoms with Gasteiger partial charge in [-0.15, -0.1) is 0 Å². The van der Waals surface area contributed by atoms with E-state index in [0.29, 0.717) is 0 Å². The number of likely N-dealkylation sites (N-methyl/N-ethyl adjacent to an activating group) is 1. The lowest BCUT2D eigenvalue weighted by atomic mass is 10.0. The summed E-state index contributed by atoms with van der Waals surface area (Å²) in [6, 6.07) is 1.48. The van der Waals surface area contributed by atoms with Crippen molar-refractivity contribution in [1.29, 1.82) is 0 Å². The quantitative estimate of drug-likeness (QED) is 0.717. The van der Waals surface area contributed by atoms with Gasteiger partial charge in [0.2, 0.25) is 0 Å². The van der Waals surface area contributed by atoms with Gasteiger partial charge in [-0.2, -0.15) is 0 Å². The fourth-order valence-electron chi connectivity index (χ4n) is 3.09. The Labute approximate surface area is 108 Å². The first-order valence-corrected chi connectivity index (χ1v) is 7.58. The molecule has 0 aromatic heterocycles. The number of hydrogen-bond donors (Lipinski definition) is 1. The average Bonchev–Trinajstić information content (AvgIpc) is 2.50. The molecule has 0 radical (unpaired) electrons. The molecule has 2 atom stereocenters. The molecule has 0 bridgehead atoms. The summed E-state index contributed by atoms with van der Waals surface area (Å²) in [5.41, 5.74) is 0. The Morgan fingerprint density at radius 1 is 1.18 bits per heavy atom. The third-order valence-electron chi connectivity index (χ3n) is 3.86. The van der Waals surface area contributed by atoms with Gasteiger partial charge in [0, 0.05) is 18.6 Å². The molecule has 2 unspecified atom stereocenters. The zero-order valence-corrected chi connectivity index (χ0v) is 12.3. The van der Waals surface area contributed by atoms with Crippen molar-refractivity contribution in [3.63, 3.8) is 0 Å². The Hall–Kier alpha value is -0.0800. The second-order valence-corrected chi connectivity index (χ2v) is 6.10. The highest BCUT2D eigenvalue weighted by molar-refractivity contribution is 4.86. The molecule has 1 N–H and O–H groups in total. The van der Waals surface area contributed by atoms with Gasteiger partial charge in [-0.1, -0.05) is 40.0 Å². The van der Waals surface area contributed by atoms with E-state index in [1.165, 1.54) is 51.6 Å². The Morgan fingerprint density at radius 2 is 1.88 bits per heavy atom. The molecule has 2 nitrogen and oxygen atoms in total. The highest BCUT2D eigenvalue weighted by Gasteiger charge is 2.26. The van der Waals surface area contributed by atoms with E-state index in [-0.39, 0.29) is 0 Å². The normalized spacial score (nSPS) is 26.5. The largest absolute Gasteiger partial charge is 0.312 e. The summed E-state index contributed by atoms with van der Waals surface area (Å²) >= 11 is 0. The third-order valence-corrected chi connectivity index (χ3v) is 3.86. The lowest BCUT2D eigenvalue weighted by Crippen LogP contribution is -2.49. The predicted octanol–water partition coefficient (Wildman–Crippen LogP) is 3.28. The van der Waals surface area contributed by atoms with Crippen molar-refractivity contribution in [2.45, 2.75) is 71.4 Å². The number of nitrogens with zero attached hydrogens (tertiary/aromatic N) is 1. The fraction of sp³-hybridized carbons (Fsp3) is 1.00. The van der Waals surface area contributed by atoms with Gasteiger partial charge < -0.3 is 10.2 Å². The topological polar surface area (TPSA) is 15.3 Å². The van der Waals surface area contributed by atoms with Gasteiger partial charge in [-0.25, -0.2) is 0 Å². The van der Waals surface area contributed by atoms with Crippen LogP contribution in [0.5, 0.6) is 0 Å². The highest BCUT2D eigenvalue weighted by atomic mass is 15.2. The lowest BCUT2D eigenvalue weighted by molar-refractivity contribution is 0.165. The average molecular weight is 240 g/mol. The van der Waals surface area contributed by atoms with Gasteiger partial charge in [-0.3, -0.25) is 0 Å². The number of hydrogen-bond acceptors (Lipinski definition) is 2. The van der Waals surface area contributed by atoms with E-state index in [4.69, 9.17) is 0 Å².